The van der Waals surface area contributed by atoms with E-state index in [4.69, 9.17) is 0 Å². The molecule has 0 atom stereocenters. The maximum absolute atomic E-state index is 11.8. The monoisotopic (exact) mass is 261 g/mol. The zero-order valence-electron chi connectivity index (χ0n) is 10.4. The fourth-order valence-corrected chi connectivity index (χ4v) is 2.28. The molecule has 0 unspecified atom stereocenters. The summed E-state index contributed by atoms with van der Waals surface area (Å²) >= 11 is 1.44. The first-order valence-corrected chi connectivity index (χ1v) is 6.49. The minimum absolute atomic E-state index is 0.0430. The van der Waals surface area contributed by atoms with Gasteiger partial charge in [-0.15, -0.1) is 11.3 Å². The third kappa shape index (κ3) is 2.87. The first-order chi connectivity index (χ1) is 8.68. The van der Waals surface area contributed by atoms with Crippen LogP contribution in [0.25, 0.3) is 0 Å². The zero-order chi connectivity index (χ0) is 13.0. The lowest BCUT2D eigenvalue weighted by Gasteiger charge is -2.15. The summed E-state index contributed by atoms with van der Waals surface area (Å²) in [5.41, 5.74) is 1.01. The van der Waals surface area contributed by atoms with Gasteiger partial charge in [0.25, 0.3) is 5.91 Å². The van der Waals surface area contributed by atoms with Crippen LogP contribution in [0.4, 0.5) is 5.82 Å². The Morgan fingerprint density at radius 3 is 2.89 bits per heavy atom. The summed E-state index contributed by atoms with van der Waals surface area (Å²) in [6.07, 6.45) is 1.75. The lowest BCUT2D eigenvalue weighted by molar-refractivity contribution is 0.0955. The summed E-state index contributed by atoms with van der Waals surface area (Å²) in [6, 6.07) is 7.53. The van der Waals surface area contributed by atoms with Crippen molar-refractivity contribution in [3.63, 3.8) is 0 Å². The highest BCUT2D eigenvalue weighted by Crippen LogP contribution is 2.14. The third-order valence-corrected chi connectivity index (χ3v) is 3.34. The highest BCUT2D eigenvalue weighted by atomic mass is 32.1. The lowest BCUT2D eigenvalue weighted by atomic mass is 10.2. The van der Waals surface area contributed by atoms with Gasteiger partial charge in [0.15, 0.2) is 0 Å². The molecule has 0 aliphatic heterocycles. The van der Waals surface area contributed by atoms with Crippen LogP contribution >= 0.6 is 11.3 Å². The molecule has 1 amide bonds. The van der Waals surface area contributed by atoms with Crippen molar-refractivity contribution in [2.24, 2.45) is 0 Å². The van der Waals surface area contributed by atoms with E-state index in [0.717, 1.165) is 16.3 Å². The molecule has 0 bridgehead atoms. The van der Waals surface area contributed by atoms with Gasteiger partial charge in [-0.25, -0.2) is 4.98 Å². The van der Waals surface area contributed by atoms with Gasteiger partial charge in [-0.1, -0.05) is 12.1 Å². The average Bonchev–Trinajstić information content (AvgIpc) is 2.90. The summed E-state index contributed by atoms with van der Waals surface area (Å²) in [5.74, 6) is 0.836. The van der Waals surface area contributed by atoms with Crippen molar-refractivity contribution in [1.82, 2.24) is 10.3 Å². The van der Waals surface area contributed by atoms with Gasteiger partial charge in [0.05, 0.1) is 4.88 Å². The van der Waals surface area contributed by atoms with Gasteiger partial charge < -0.3 is 10.2 Å². The molecule has 0 aliphatic carbocycles. The standard InChI is InChI=1S/C13H15N3OS/c1-16(2)12-10(5-3-7-14-12)9-15-13(17)11-6-4-8-18-11/h3-8H,9H2,1-2H3,(H,15,17). The molecular formula is C13H15N3OS. The molecule has 0 spiro atoms. The number of pyridine rings is 1. The van der Waals surface area contributed by atoms with Crippen LogP contribution in [0.1, 0.15) is 15.2 Å². The molecule has 94 valence electrons. The van der Waals surface area contributed by atoms with Crippen LogP contribution in [0.5, 0.6) is 0 Å². The number of anilines is 1. The number of carbonyl (C=O) groups excluding carboxylic acids is 1. The molecule has 0 fully saturated rings. The molecule has 0 aromatic carbocycles. The number of hydrogen-bond acceptors (Lipinski definition) is 4. The fourth-order valence-electron chi connectivity index (χ4n) is 1.64. The van der Waals surface area contributed by atoms with Gasteiger partial charge in [-0.05, 0) is 17.5 Å². The average molecular weight is 261 g/mol. The zero-order valence-corrected chi connectivity index (χ0v) is 11.2. The molecule has 2 aromatic rings. The van der Waals surface area contributed by atoms with E-state index < -0.39 is 0 Å². The van der Waals surface area contributed by atoms with Gasteiger partial charge in [0.2, 0.25) is 0 Å². The van der Waals surface area contributed by atoms with Crippen LogP contribution in [0.3, 0.4) is 0 Å². The van der Waals surface area contributed by atoms with Gasteiger partial charge in [0, 0.05) is 32.4 Å². The maximum Gasteiger partial charge on any atom is 0.261 e. The number of aromatic nitrogens is 1. The second-order valence-corrected chi connectivity index (χ2v) is 4.99. The van der Waals surface area contributed by atoms with Crippen LogP contribution in [0.2, 0.25) is 0 Å². The number of thiophene rings is 1. The number of nitrogens with one attached hydrogen (secondary N) is 1. The molecule has 2 heterocycles. The van der Waals surface area contributed by atoms with E-state index in [1.807, 2.05) is 48.6 Å². The topological polar surface area (TPSA) is 45.2 Å². The van der Waals surface area contributed by atoms with Crippen molar-refractivity contribution in [3.8, 4) is 0 Å². The summed E-state index contributed by atoms with van der Waals surface area (Å²) < 4.78 is 0. The Balaban J connectivity index is 2.04. The molecule has 2 rings (SSSR count). The highest BCUT2D eigenvalue weighted by molar-refractivity contribution is 7.12. The van der Waals surface area contributed by atoms with Gasteiger partial charge in [-0.3, -0.25) is 4.79 Å². The first kappa shape index (κ1) is 12.6. The minimum Gasteiger partial charge on any atom is -0.362 e. The molecule has 4 nitrogen and oxygen atoms in total. The van der Waals surface area contributed by atoms with Crippen molar-refractivity contribution in [1.29, 1.82) is 0 Å². The molecular weight excluding hydrogens is 246 g/mol. The van der Waals surface area contributed by atoms with E-state index in [1.165, 1.54) is 11.3 Å². The second-order valence-electron chi connectivity index (χ2n) is 4.04. The number of rotatable bonds is 4. The van der Waals surface area contributed by atoms with E-state index in [2.05, 4.69) is 10.3 Å². The van der Waals surface area contributed by atoms with E-state index >= 15 is 0 Å². The predicted molar refractivity (Wildman–Crippen MR) is 74.1 cm³/mol. The smallest absolute Gasteiger partial charge is 0.261 e. The Labute approximate surface area is 110 Å². The Morgan fingerprint density at radius 2 is 2.22 bits per heavy atom. The molecule has 0 saturated heterocycles. The number of hydrogen-bond donors (Lipinski definition) is 1. The van der Waals surface area contributed by atoms with E-state index in [9.17, 15) is 4.79 Å². The maximum atomic E-state index is 11.8. The summed E-state index contributed by atoms with van der Waals surface area (Å²) in [6.45, 7) is 0.484. The van der Waals surface area contributed by atoms with Crippen LogP contribution in [-0.2, 0) is 6.54 Å². The Hall–Kier alpha value is -1.88. The first-order valence-electron chi connectivity index (χ1n) is 5.61. The van der Waals surface area contributed by atoms with Gasteiger partial charge >= 0.3 is 0 Å². The number of amides is 1. The Bertz CT molecular complexity index is 523. The minimum atomic E-state index is -0.0430. The Kier molecular flexibility index (Phi) is 3.94. The van der Waals surface area contributed by atoms with Crippen LogP contribution in [-0.4, -0.2) is 25.0 Å². The SMILES string of the molecule is CN(C)c1ncccc1CNC(=O)c1cccs1. The molecule has 2 aromatic heterocycles. The van der Waals surface area contributed by atoms with Crippen molar-refractivity contribution in [3.05, 3.63) is 46.3 Å². The normalized spacial score (nSPS) is 10.1. The largest absolute Gasteiger partial charge is 0.362 e. The predicted octanol–water partition coefficient (Wildman–Crippen LogP) is 2.14. The molecule has 0 radical (unpaired) electrons. The number of nitrogens with zero attached hydrogens (tertiary/aromatic N) is 2. The molecule has 0 saturated carbocycles. The van der Waals surface area contributed by atoms with Crippen LogP contribution in [0.15, 0.2) is 35.8 Å². The van der Waals surface area contributed by atoms with Crippen molar-refractivity contribution < 1.29 is 4.79 Å². The molecule has 18 heavy (non-hydrogen) atoms. The van der Waals surface area contributed by atoms with E-state index in [-0.39, 0.29) is 5.91 Å². The van der Waals surface area contributed by atoms with Crippen molar-refractivity contribution >= 4 is 23.1 Å². The highest BCUT2D eigenvalue weighted by Gasteiger charge is 2.09. The number of carbonyl (C=O) groups is 1. The summed E-state index contributed by atoms with van der Waals surface area (Å²) in [7, 11) is 3.87. The fraction of sp³-hybridized carbons (Fsp3) is 0.231. The van der Waals surface area contributed by atoms with Crippen molar-refractivity contribution in [2.75, 3.05) is 19.0 Å². The summed E-state index contributed by atoms with van der Waals surface area (Å²) in [4.78, 5) is 18.8. The van der Waals surface area contributed by atoms with Crippen LogP contribution in [0, 0.1) is 0 Å². The molecule has 1 N–H and O–H groups in total. The van der Waals surface area contributed by atoms with Gasteiger partial charge in [-0.2, -0.15) is 0 Å². The Morgan fingerprint density at radius 1 is 1.39 bits per heavy atom. The van der Waals surface area contributed by atoms with E-state index in [1.54, 1.807) is 6.20 Å². The third-order valence-electron chi connectivity index (χ3n) is 2.48. The van der Waals surface area contributed by atoms with Crippen LogP contribution < -0.4 is 10.2 Å². The van der Waals surface area contributed by atoms with Crippen molar-refractivity contribution in [2.45, 2.75) is 6.54 Å². The molecule has 5 heteroatoms. The lowest BCUT2D eigenvalue weighted by Crippen LogP contribution is -2.23. The summed E-state index contributed by atoms with van der Waals surface area (Å²) in [5, 5.41) is 4.79. The van der Waals surface area contributed by atoms with E-state index in [0.29, 0.717) is 6.54 Å². The quantitative estimate of drug-likeness (QED) is 0.917. The van der Waals surface area contributed by atoms with Gasteiger partial charge in [0.1, 0.15) is 5.82 Å². The molecule has 0 aliphatic rings. The second kappa shape index (κ2) is 5.64.